The summed E-state index contributed by atoms with van der Waals surface area (Å²) in [6.45, 7) is 3.10. The van der Waals surface area contributed by atoms with Gasteiger partial charge in [0, 0.05) is 34.0 Å². The van der Waals surface area contributed by atoms with Crippen LogP contribution in [0.2, 0.25) is 5.02 Å². The molecule has 36 heavy (non-hydrogen) atoms. The van der Waals surface area contributed by atoms with Gasteiger partial charge in [0.05, 0.1) is 17.1 Å². The zero-order chi connectivity index (χ0) is 26.3. The number of benzene rings is 3. The molecule has 3 aromatic rings. The molecule has 0 spiro atoms. The van der Waals surface area contributed by atoms with Crippen LogP contribution >= 0.6 is 11.6 Å². The number of hydrogen-bond donors (Lipinski definition) is 1. The zero-order valence-electron chi connectivity index (χ0n) is 19.0. The molecule has 0 fully saturated rings. The molecular formula is C25H19ClF3N3O4. The first-order valence-corrected chi connectivity index (χ1v) is 11.0. The van der Waals surface area contributed by atoms with E-state index in [9.17, 15) is 28.1 Å². The fourth-order valence-corrected chi connectivity index (χ4v) is 4.40. The van der Waals surface area contributed by atoms with E-state index in [0.29, 0.717) is 21.7 Å². The van der Waals surface area contributed by atoms with E-state index in [2.05, 4.69) is 10.5 Å². The molecule has 2 unspecified atom stereocenters. The molecule has 0 saturated carbocycles. The number of rotatable bonds is 5. The molecular weight excluding hydrogens is 499 g/mol. The fourth-order valence-electron chi connectivity index (χ4n) is 4.27. The Morgan fingerprint density at radius 3 is 2.33 bits per heavy atom. The molecule has 0 saturated heterocycles. The number of halogens is 4. The average molecular weight is 518 g/mol. The second-order valence-electron chi connectivity index (χ2n) is 8.36. The lowest BCUT2D eigenvalue weighted by atomic mass is 9.76. The minimum Gasteiger partial charge on any atom is -0.374 e. The van der Waals surface area contributed by atoms with Gasteiger partial charge in [-0.25, -0.2) is 0 Å². The van der Waals surface area contributed by atoms with Crippen LogP contribution in [0, 0.1) is 24.0 Å². The van der Waals surface area contributed by atoms with Gasteiger partial charge in [0.15, 0.2) is 0 Å². The third-order valence-electron chi connectivity index (χ3n) is 6.01. The van der Waals surface area contributed by atoms with Gasteiger partial charge in [-0.15, -0.1) is 0 Å². The van der Waals surface area contributed by atoms with Crippen LogP contribution < -0.4 is 5.32 Å². The Bertz CT molecular complexity index is 1350. The quantitative estimate of drug-likeness (QED) is 0.302. The summed E-state index contributed by atoms with van der Waals surface area (Å²) >= 11 is 5.91. The van der Waals surface area contributed by atoms with Crippen LogP contribution in [-0.4, -0.2) is 23.2 Å². The topological polar surface area (TPSA) is 93.8 Å². The molecule has 1 N–H and O–H groups in total. The largest absolute Gasteiger partial charge is 0.436 e. The number of anilines is 1. The van der Waals surface area contributed by atoms with E-state index >= 15 is 0 Å². The number of carbonyl (C=O) groups excluding carboxylic acids is 1. The van der Waals surface area contributed by atoms with E-state index in [1.54, 1.807) is 13.8 Å². The molecule has 1 amide bonds. The van der Waals surface area contributed by atoms with Crippen LogP contribution in [0.15, 0.2) is 65.8 Å². The SMILES string of the molecule is Cc1cc(C2(C(F)(F)F)ON=CC2c2ccc(Cl)cc2)cc(C)c1NC(=O)c1cccc([N+](=O)[O-])c1. The molecule has 11 heteroatoms. The normalized spacial score (nSPS) is 19.1. The van der Waals surface area contributed by atoms with E-state index in [4.69, 9.17) is 16.4 Å². The molecule has 186 valence electrons. The molecule has 0 aliphatic carbocycles. The highest BCUT2D eigenvalue weighted by Gasteiger charge is 2.66. The molecule has 0 radical (unpaired) electrons. The monoisotopic (exact) mass is 517 g/mol. The number of aryl methyl sites for hydroxylation is 2. The van der Waals surface area contributed by atoms with Gasteiger partial charge in [-0.1, -0.05) is 35.0 Å². The molecule has 3 aromatic carbocycles. The number of nitro groups is 1. The number of nitrogens with zero attached hydrogens (tertiary/aromatic N) is 2. The van der Waals surface area contributed by atoms with Crippen molar-refractivity contribution in [2.75, 3.05) is 5.32 Å². The van der Waals surface area contributed by atoms with Crippen molar-refractivity contribution in [3.05, 3.63) is 104 Å². The van der Waals surface area contributed by atoms with Gasteiger partial charge in [-0.3, -0.25) is 14.9 Å². The maximum Gasteiger partial charge on any atom is 0.436 e. The first-order valence-electron chi connectivity index (χ1n) is 10.7. The first-order chi connectivity index (χ1) is 16.9. The molecule has 1 heterocycles. The molecule has 0 aromatic heterocycles. The van der Waals surface area contributed by atoms with Crippen LogP contribution in [-0.2, 0) is 10.4 Å². The van der Waals surface area contributed by atoms with Crippen molar-refractivity contribution >= 4 is 35.1 Å². The summed E-state index contributed by atoms with van der Waals surface area (Å²) < 4.78 is 44.0. The lowest BCUT2D eigenvalue weighted by Gasteiger charge is -2.35. The van der Waals surface area contributed by atoms with Crippen molar-refractivity contribution in [2.24, 2.45) is 5.16 Å². The van der Waals surface area contributed by atoms with Crippen LogP contribution in [0.25, 0.3) is 0 Å². The Hall–Kier alpha value is -3.92. The highest BCUT2D eigenvalue weighted by Crippen LogP contribution is 2.54. The summed E-state index contributed by atoms with van der Waals surface area (Å²) in [5.74, 6) is -1.92. The van der Waals surface area contributed by atoms with E-state index < -0.39 is 28.5 Å². The van der Waals surface area contributed by atoms with Crippen molar-refractivity contribution in [3.8, 4) is 0 Å². The summed E-state index contributed by atoms with van der Waals surface area (Å²) in [6, 6.07) is 13.7. The minimum absolute atomic E-state index is 0.0363. The molecule has 7 nitrogen and oxygen atoms in total. The van der Waals surface area contributed by atoms with Crippen LogP contribution in [0.3, 0.4) is 0 Å². The Morgan fingerprint density at radius 1 is 1.11 bits per heavy atom. The van der Waals surface area contributed by atoms with Crippen molar-refractivity contribution in [1.82, 2.24) is 0 Å². The number of carbonyl (C=O) groups is 1. The first kappa shape index (κ1) is 25.2. The molecule has 1 aliphatic rings. The standard InChI is InChI=1S/C25H19ClF3N3O4/c1-14-10-18(11-15(2)22(14)31-23(33)17-4-3-5-20(12-17)32(34)35)24(25(27,28)29)21(13-30-36-24)16-6-8-19(26)9-7-16/h3-13,21H,1-2H3,(H,31,33). The summed E-state index contributed by atoms with van der Waals surface area (Å²) in [4.78, 5) is 28.2. The van der Waals surface area contributed by atoms with Gasteiger partial charge < -0.3 is 10.2 Å². The number of hydrogen-bond acceptors (Lipinski definition) is 5. The summed E-state index contributed by atoms with van der Waals surface area (Å²) in [6.07, 6.45) is -3.74. The zero-order valence-corrected chi connectivity index (χ0v) is 19.7. The van der Waals surface area contributed by atoms with Crippen molar-refractivity contribution in [1.29, 1.82) is 0 Å². The molecule has 1 aliphatic heterocycles. The number of amides is 1. The predicted molar refractivity (Wildman–Crippen MR) is 128 cm³/mol. The van der Waals surface area contributed by atoms with Gasteiger partial charge in [0.2, 0.25) is 0 Å². The third-order valence-corrected chi connectivity index (χ3v) is 6.27. The lowest BCUT2D eigenvalue weighted by Crippen LogP contribution is -2.47. The second-order valence-corrected chi connectivity index (χ2v) is 8.79. The number of oxime groups is 1. The maximum atomic E-state index is 14.7. The molecule has 2 atom stereocenters. The number of nitro benzene ring substituents is 1. The smallest absolute Gasteiger partial charge is 0.374 e. The van der Waals surface area contributed by atoms with E-state index in [1.807, 2.05) is 0 Å². The van der Waals surface area contributed by atoms with Crippen molar-refractivity contribution in [2.45, 2.75) is 31.5 Å². The van der Waals surface area contributed by atoms with Gasteiger partial charge in [0.1, 0.15) is 0 Å². The molecule has 4 rings (SSSR count). The predicted octanol–water partition coefficient (Wildman–Crippen LogP) is 6.67. The van der Waals surface area contributed by atoms with Crippen LogP contribution in [0.5, 0.6) is 0 Å². The maximum absolute atomic E-state index is 14.7. The number of alkyl halides is 3. The van der Waals surface area contributed by atoms with Gasteiger partial charge in [0.25, 0.3) is 17.2 Å². The van der Waals surface area contributed by atoms with E-state index in [1.165, 1.54) is 54.6 Å². The van der Waals surface area contributed by atoms with E-state index in [0.717, 1.165) is 12.3 Å². The highest BCUT2D eigenvalue weighted by atomic mass is 35.5. The Morgan fingerprint density at radius 2 is 1.75 bits per heavy atom. The lowest BCUT2D eigenvalue weighted by molar-refractivity contribution is -0.384. The van der Waals surface area contributed by atoms with Gasteiger partial charge in [-0.05, 0) is 60.9 Å². The van der Waals surface area contributed by atoms with Crippen LogP contribution in [0.4, 0.5) is 24.5 Å². The Balaban J connectivity index is 1.74. The second kappa shape index (κ2) is 9.27. The average Bonchev–Trinajstić information content (AvgIpc) is 3.28. The fraction of sp³-hybridized carbons (Fsp3) is 0.200. The number of nitrogens with one attached hydrogen (secondary N) is 1. The van der Waals surface area contributed by atoms with Gasteiger partial charge >= 0.3 is 6.18 Å². The third kappa shape index (κ3) is 4.39. The minimum atomic E-state index is -4.85. The summed E-state index contributed by atoms with van der Waals surface area (Å²) in [7, 11) is 0. The van der Waals surface area contributed by atoms with Gasteiger partial charge in [-0.2, -0.15) is 13.2 Å². The Kier molecular flexibility index (Phi) is 6.48. The van der Waals surface area contributed by atoms with Crippen LogP contribution in [0.1, 0.15) is 38.5 Å². The summed E-state index contributed by atoms with van der Waals surface area (Å²) in [5, 5.41) is 17.6. The summed E-state index contributed by atoms with van der Waals surface area (Å²) in [5.41, 5.74) is -1.91. The number of non-ortho nitro benzene ring substituents is 1. The van der Waals surface area contributed by atoms with Crippen molar-refractivity contribution in [3.63, 3.8) is 0 Å². The highest BCUT2D eigenvalue weighted by molar-refractivity contribution is 6.30. The molecule has 0 bridgehead atoms. The van der Waals surface area contributed by atoms with E-state index in [-0.39, 0.29) is 22.5 Å². The Labute approximate surface area is 208 Å². The van der Waals surface area contributed by atoms with Crippen molar-refractivity contribution < 1.29 is 27.7 Å².